The Morgan fingerprint density at radius 1 is 1.00 bits per heavy atom. The minimum atomic E-state index is -0.725. The zero-order valence-electron chi connectivity index (χ0n) is 26.8. The third-order valence-corrected chi connectivity index (χ3v) is 8.82. The maximum atomic E-state index is 12.9. The van der Waals surface area contributed by atoms with Crippen molar-refractivity contribution in [1.29, 1.82) is 0 Å². The van der Waals surface area contributed by atoms with Gasteiger partial charge in [-0.3, -0.25) is 14.5 Å². The van der Waals surface area contributed by atoms with Crippen LogP contribution in [-0.4, -0.2) is 40.0 Å². The molecule has 2 aliphatic heterocycles. The van der Waals surface area contributed by atoms with Gasteiger partial charge in [0.25, 0.3) is 11.1 Å². The van der Waals surface area contributed by atoms with Crippen molar-refractivity contribution in [2.45, 2.75) is 79.1 Å². The van der Waals surface area contributed by atoms with Gasteiger partial charge in [0, 0.05) is 5.56 Å². The lowest BCUT2D eigenvalue weighted by Crippen LogP contribution is -2.42. The standard InChI is InChI=1S/C36H39NO7S/c1-22-23(2)31-28(24(3)30(22)42-34(40)44-35(4,5)6)17-18-36(7,43-31)21-41-27-15-13-25(14-16-27)19-29-32(38)37(33(39)45-29)20-26-11-9-8-10-12-26/h8-16,19H,17-18,20-21H2,1-7H3/b29-19-. The van der Waals surface area contributed by atoms with Crippen LogP contribution in [0.5, 0.6) is 17.2 Å². The van der Waals surface area contributed by atoms with Crippen molar-refractivity contribution in [2.75, 3.05) is 6.61 Å². The van der Waals surface area contributed by atoms with E-state index in [-0.39, 0.29) is 17.7 Å². The second-order valence-electron chi connectivity index (χ2n) is 12.7. The fourth-order valence-corrected chi connectivity index (χ4v) is 6.18. The maximum Gasteiger partial charge on any atom is 0.514 e. The Morgan fingerprint density at radius 2 is 1.69 bits per heavy atom. The fourth-order valence-electron chi connectivity index (χ4n) is 5.34. The zero-order chi connectivity index (χ0) is 32.5. The van der Waals surface area contributed by atoms with Crippen LogP contribution in [0.3, 0.4) is 0 Å². The predicted octanol–water partition coefficient (Wildman–Crippen LogP) is 8.32. The number of imide groups is 1. The van der Waals surface area contributed by atoms with E-state index in [2.05, 4.69) is 0 Å². The summed E-state index contributed by atoms with van der Waals surface area (Å²) >= 11 is 0.952. The first-order valence-electron chi connectivity index (χ1n) is 15.0. The molecule has 0 saturated carbocycles. The number of thioether (sulfide) groups is 1. The highest BCUT2D eigenvalue weighted by molar-refractivity contribution is 8.18. The molecule has 2 amide bonds. The van der Waals surface area contributed by atoms with Gasteiger partial charge in [0.1, 0.15) is 35.1 Å². The summed E-state index contributed by atoms with van der Waals surface area (Å²) in [6.07, 6.45) is 2.46. The number of amides is 2. The van der Waals surface area contributed by atoms with Crippen molar-refractivity contribution >= 4 is 35.1 Å². The van der Waals surface area contributed by atoms with E-state index in [0.29, 0.717) is 29.4 Å². The molecule has 2 heterocycles. The van der Waals surface area contributed by atoms with Crippen LogP contribution in [0.4, 0.5) is 9.59 Å². The van der Waals surface area contributed by atoms with Gasteiger partial charge in [0.2, 0.25) is 0 Å². The van der Waals surface area contributed by atoms with Crippen LogP contribution in [0.15, 0.2) is 59.5 Å². The zero-order valence-corrected chi connectivity index (χ0v) is 27.6. The molecule has 9 heteroatoms. The van der Waals surface area contributed by atoms with Gasteiger partial charge in [-0.15, -0.1) is 0 Å². The molecule has 3 aromatic rings. The average Bonchev–Trinajstić information content (AvgIpc) is 3.24. The molecular weight excluding hydrogens is 590 g/mol. The third kappa shape index (κ3) is 7.36. The summed E-state index contributed by atoms with van der Waals surface area (Å²) in [4.78, 5) is 39.5. The lowest BCUT2D eigenvalue weighted by molar-refractivity contribution is -0.123. The number of benzene rings is 3. The number of carbonyl (C=O) groups is 3. The van der Waals surface area contributed by atoms with E-state index in [1.807, 2.05) is 82.3 Å². The van der Waals surface area contributed by atoms with Crippen molar-refractivity contribution in [2.24, 2.45) is 0 Å². The molecule has 0 aliphatic carbocycles. The minimum absolute atomic E-state index is 0.251. The number of ether oxygens (including phenoxy) is 4. The second-order valence-corrected chi connectivity index (χ2v) is 13.7. The topological polar surface area (TPSA) is 91.4 Å². The highest BCUT2D eigenvalue weighted by atomic mass is 32.2. The molecule has 0 bridgehead atoms. The number of fused-ring (bicyclic) bond motifs is 1. The molecule has 0 N–H and O–H groups in total. The molecule has 1 fully saturated rings. The first-order chi connectivity index (χ1) is 21.2. The van der Waals surface area contributed by atoms with Crippen LogP contribution in [0.2, 0.25) is 0 Å². The minimum Gasteiger partial charge on any atom is -0.489 e. The molecule has 3 aromatic carbocycles. The lowest BCUT2D eigenvalue weighted by Gasteiger charge is -2.37. The molecule has 1 unspecified atom stereocenters. The van der Waals surface area contributed by atoms with Crippen LogP contribution in [0.1, 0.15) is 67.5 Å². The predicted molar refractivity (Wildman–Crippen MR) is 175 cm³/mol. The first-order valence-corrected chi connectivity index (χ1v) is 15.8. The highest BCUT2D eigenvalue weighted by Crippen LogP contribution is 2.44. The van der Waals surface area contributed by atoms with Crippen LogP contribution in [0.25, 0.3) is 6.08 Å². The molecule has 0 radical (unpaired) electrons. The van der Waals surface area contributed by atoms with Gasteiger partial charge in [0.05, 0.1) is 11.4 Å². The van der Waals surface area contributed by atoms with Crippen LogP contribution in [-0.2, 0) is 22.5 Å². The van der Waals surface area contributed by atoms with Gasteiger partial charge >= 0.3 is 6.16 Å². The van der Waals surface area contributed by atoms with Crippen LogP contribution < -0.4 is 14.2 Å². The Bertz CT molecular complexity index is 1660. The Morgan fingerprint density at radius 3 is 2.36 bits per heavy atom. The summed E-state index contributed by atoms with van der Waals surface area (Å²) in [7, 11) is 0. The smallest absolute Gasteiger partial charge is 0.489 e. The molecule has 1 saturated heterocycles. The van der Waals surface area contributed by atoms with Crippen molar-refractivity contribution < 1.29 is 33.3 Å². The Kier molecular flexibility index (Phi) is 9.03. The summed E-state index contributed by atoms with van der Waals surface area (Å²) in [6, 6.07) is 16.9. The first kappa shape index (κ1) is 32.2. The van der Waals surface area contributed by atoms with Gasteiger partial charge in [-0.05, 0) is 119 Å². The molecule has 0 aromatic heterocycles. The number of carbonyl (C=O) groups excluding carboxylic acids is 3. The van der Waals surface area contributed by atoms with Gasteiger partial charge in [-0.2, -0.15) is 0 Å². The van der Waals surface area contributed by atoms with Gasteiger partial charge in [-0.25, -0.2) is 4.79 Å². The van der Waals surface area contributed by atoms with Crippen molar-refractivity contribution in [3.05, 3.63) is 92.9 Å². The normalized spacial score (nSPS) is 18.9. The van der Waals surface area contributed by atoms with Gasteiger partial charge in [-0.1, -0.05) is 42.5 Å². The largest absolute Gasteiger partial charge is 0.514 e. The summed E-state index contributed by atoms with van der Waals surface area (Å²) in [6.45, 7) is 13.8. The fraction of sp³-hybridized carbons (Fsp3) is 0.361. The third-order valence-electron chi connectivity index (χ3n) is 7.92. The summed E-state index contributed by atoms with van der Waals surface area (Å²) in [5.74, 6) is 1.70. The molecule has 8 nitrogen and oxygen atoms in total. The number of hydrogen-bond donors (Lipinski definition) is 0. The Balaban J connectivity index is 1.22. The van der Waals surface area contributed by atoms with E-state index < -0.39 is 17.4 Å². The summed E-state index contributed by atoms with van der Waals surface area (Å²) < 4.78 is 23.8. The van der Waals surface area contributed by atoms with E-state index >= 15 is 0 Å². The van der Waals surface area contributed by atoms with Crippen LogP contribution >= 0.6 is 11.8 Å². The van der Waals surface area contributed by atoms with E-state index in [1.165, 1.54) is 4.90 Å². The van der Waals surface area contributed by atoms with Gasteiger partial charge in [0.15, 0.2) is 0 Å². The molecule has 1 atom stereocenters. The second kappa shape index (κ2) is 12.6. The Labute approximate surface area is 268 Å². The van der Waals surface area contributed by atoms with E-state index in [4.69, 9.17) is 18.9 Å². The SMILES string of the molecule is Cc1c(C)c2c(c(C)c1OC(=O)OC(C)(C)C)CCC(C)(COc1ccc(/C=C3\SC(=O)N(Cc4ccccc4)C3=O)cc1)O2. The van der Waals surface area contributed by atoms with E-state index in [0.717, 1.165) is 57.3 Å². The molecule has 5 rings (SSSR count). The maximum absolute atomic E-state index is 12.9. The van der Waals surface area contributed by atoms with Crippen LogP contribution in [0, 0.1) is 20.8 Å². The van der Waals surface area contributed by atoms with Crippen molar-refractivity contribution in [3.63, 3.8) is 0 Å². The van der Waals surface area contributed by atoms with Crippen molar-refractivity contribution in [3.8, 4) is 17.2 Å². The molecule has 45 heavy (non-hydrogen) atoms. The molecular formula is C36H39NO7S. The number of nitrogens with zero attached hydrogens (tertiary/aromatic N) is 1. The monoisotopic (exact) mass is 629 g/mol. The van der Waals surface area contributed by atoms with Gasteiger partial charge < -0.3 is 18.9 Å². The summed E-state index contributed by atoms with van der Waals surface area (Å²) in [5, 5.41) is -0.273. The quantitative estimate of drug-likeness (QED) is 0.146. The van der Waals surface area contributed by atoms with E-state index in [9.17, 15) is 14.4 Å². The lowest BCUT2D eigenvalue weighted by atomic mass is 9.87. The van der Waals surface area contributed by atoms with Crippen molar-refractivity contribution in [1.82, 2.24) is 4.90 Å². The Hall–Kier alpha value is -4.24. The average molecular weight is 630 g/mol. The highest BCUT2D eigenvalue weighted by Gasteiger charge is 2.37. The molecule has 2 aliphatic rings. The molecule has 0 spiro atoms. The van der Waals surface area contributed by atoms with E-state index in [1.54, 1.807) is 26.8 Å². The molecule has 236 valence electrons. The summed E-state index contributed by atoms with van der Waals surface area (Å²) in [5.41, 5.74) is 4.12. The number of rotatable bonds is 7. The number of hydrogen-bond acceptors (Lipinski definition) is 8.